The van der Waals surface area contributed by atoms with Crippen molar-refractivity contribution in [2.75, 3.05) is 6.16 Å². The lowest BCUT2D eigenvalue weighted by Gasteiger charge is -2.26. The Morgan fingerprint density at radius 1 is 1.19 bits per heavy atom. The highest BCUT2D eigenvalue weighted by Gasteiger charge is 2.46. The molecule has 0 aromatic carbocycles. The first-order valence-corrected chi connectivity index (χ1v) is 10.4. The van der Waals surface area contributed by atoms with Crippen molar-refractivity contribution in [1.82, 2.24) is 9.55 Å². The fourth-order valence-corrected chi connectivity index (χ4v) is 5.73. The van der Waals surface area contributed by atoms with Gasteiger partial charge in [0.1, 0.15) is 6.10 Å². The minimum absolute atomic E-state index is 0.0732. The monoisotopic (exact) mass is 390 g/mol. The smallest absolute Gasteiger partial charge is 0.331 e. The second kappa shape index (κ2) is 8.19. The van der Waals surface area contributed by atoms with E-state index in [1.54, 1.807) is 27.7 Å². The molecule has 1 aromatic rings. The molecule has 1 aromatic heterocycles. The molecule has 0 unspecified atom stereocenters. The molecule has 0 radical (unpaired) electrons. The summed E-state index contributed by atoms with van der Waals surface area (Å²) in [5, 5.41) is 20.8. The van der Waals surface area contributed by atoms with Crippen molar-refractivity contribution < 1.29 is 23.8 Å². The van der Waals surface area contributed by atoms with Crippen molar-refractivity contribution in [3.05, 3.63) is 33.1 Å². The Balaban J connectivity index is 2.23. The maximum Gasteiger partial charge on any atom is 0.331 e. The summed E-state index contributed by atoms with van der Waals surface area (Å²) >= 11 is 0. The summed E-state index contributed by atoms with van der Waals surface area (Å²) in [7, 11) is -3.50. The first-order valence-electron chi connectivity index (χ1n) is 8.66. The van der Waals surface area contributed by atoms with Crippen LogP contribution >= 0.6 is 7.60 Å². The number of H-pyrrole nitrogens is 1. The topological polar surface area (TPSA) is 131 Å². The van der Waals surface area contributed by atoms with Crippen LogP contribution in [-0.2, 0) is 13.6 Å². The summed E-state index contributed by atoms with van der Waals surface area (Å²) in [5.74, 6) is -0.586. The van der Waals surface area contributed by atoms with E-state index >= 15 is 0 Å². The van der Waals surface area contributed by atoms with Gasteiger partial charge in [0.25, 0.3) is 5.56 Å². The van der Waals surface area contributed by atoms with Crippen molar-refractivity contribution in [2.45, 2.75) is 64.6 Å². The van der Waals surface area contributed by atoms with E-state index in [9.17, 15) is 24.4 Å². The molecule has 0 saturated heterocycles. The average Bonchev–Trinajstić information content (AvgIpc) is 2.73. The number of aliphatic hydroxyl groups excluding tert-OH is 2. The third-order valence-electron chi connectivity index (χ3n) is 4.18. The van der Waals surface area contributed by atoms with Crippen molar-refractivity contribution >= 4 is 7.60 Å². The van der Waals surface area contributed by atoms with Gasteiger partial charge < -0.3 is 19.3 Å². The van der Waals surface area contributed by atoms with E-state index < -0.39 is 43.0 Å². The summed E-state index contributed by atoms with van der Waals surface area (Å²) < 4.78 is 25.2. The SMILES string of the molecule is CC(C)OP(=O)(C[C@H]1C[C@@H](n2ccc(=O)[nH]c2=O)[C@H](O)[C@@H]1O)OC(C)C. The Morgan fingerprint density at radius 2 is 1.77 bits per heavy atom. The number of hydrogen-bond acceptors (Lipinski definition) is 7. The van der Waals surface area contributed by atoms with Crippen LogP contribution in [0.25, 0.3) is 0 Å². The lowest BCUT2D eigenvalue weighted by atomic mass is 10.1. The molecule has 1 aliphatic carbocycles. The molecule has 0 spiro atoms. The van der Waals surface area contributed by atoms with Crippen LogP contribution in [0.15, 0.2) is 21.9 Å². The molecular formula is C16H27N2O7P. The molecule has 10 heteroatoms. The second-order valence-corrected chi connectivity index (χ2v) is 9.17. The first-order chi connectivity index (χ1) is 12.0. The predicted molar refractivity (Wildman–Crippen MR) is 95.4 cm³/mol. The van der Waals surface area contributed by atoms with E-state index in [2.05, 4.69) is 4.98 Å². The molecule has 4 atom stereocenters. The molecule has 2 rings (SSSR count). The molecule has 0 amide bonds. The zero-order chi connectivity index (χ0) is 19.6. The Labute approximate surface area is 151 Å². The lowest BCUT2D eigenvalue weighted by Crippen LogP contribution is -2.37. The number of aromatic amines is 1. The lowest BCUT2D eigenvalue weighted by molar-refractivity contribution is 0.00748. The van der Waals surface area contributed by atoms with Crippen LogP contribution in [0.3, 0.4) is 0 Å². The molecule has 0 bridgehead atoms. The van der Waals surface area contributed by atoms with Crippen LogP contribution in [-0.4, -0.2) is 50.3 Å². The Hall–Kier alpha value is -1.25. The van der Waals surface area contributed by atoms with Gasteiger partial charge in [-0.15, -0.1) is 0 Å². The molecule has 1 fully saturated rings. The van der Waals surface area contributed by atoms with E-state index in [1.807, 2.05) is 0 Å². The molecule has 1 heterocycles. The van der Waals surface area contributed by atoms with Gasteiger partial charge in [-0.1, -0.05) is 0 Å². The minimum atomic E-state index is -3.50. The van der Waals surface area contributed by atoms with Crippen LogP contribution in [0.5, 0.6) is 0 Å². The highest BCUT2D eigenvalue weighted by Crippen LogP contribution is 2.54. The van der Waals surface area contributed by atoms with E-state index in [-0.39, 0.29) is 24.8 Å². The number of hydrogen-bond donors (Lipinski definition) is 3. The van der Waals surface area contributed by atoms with Gasteiger partial charge in [-0.25, -0.2) is 4.79 Å². The zero-order valence-corrected chi connectivity index (χ0v) is 16.3. The molecule has 1 aliphatic rings. The van der Waals surface area contributed by atoms with E-state index in [4.69, 9.17) is 9.05 Å². The van der Waals surface area contributed by atoms with Crippen LogP contribution in [0.2, 0.25) is 0 Å². The largest absolute Gasteiger partial charge is 0.390 e. The van der Waals surface area contributed by atoms with E-state index in [1.165, 1.54) is 16.8 Å². The summed E-state index contributed by atoms with van der Waals surface area (Å²) in [6, 6.07) is 0.425. The van der Waals surface area contributed by atoms with Crippen LogP contribution in [0, 0.1) is 5.92 Å². The van der Waals surface area contributed by atoms with Gasteiger partial charge in [0.2, 0.25) is 0 Å². The predicted octanol–water partition coefficient (Wildman–Crippen LogP) is 0.862. The standard InChI is InChI=1S/C16H27N2O7P/c1-9(2)24-26(23,25-10(3)4)8-11-7-12(15(21)14(11)20)18-6-5-13(19)17-16(18)22/h5-6,9-12,14-15,20-21H,7-8H2,1-4H3,(H,17,19,22)/t11-,12-,14-,15+/m1/s1. The molecule has 3 N–H and O–H groups in total. The maximum absolute atomic E-state index is 13.0. The van der Waals surface area contributed by atoms with Gasteiger partial charge in [0.15, 0.2) is 0 Å². The zero-order valence-electron chi connectivity index (χ0n) is 15.4. The quantitative estimate of drug-likeness (QED) is 0.589. The third kappa shape index (κ3) is 4.92. The summed E-state index contributed by atoms with van der Waals surface area (Å²) in [6.45, 7) is 6.94. The van der Waals surface area contributed by atoms with Crippen molar-refractivity contribution in [3.8, 4) is 0 Å². The minimum Gasteiger partial charge on any atom is -0.390 e. The van der Waals surface area contributed by atoms with Crippen molar-refractivity contribution in [2.24, 2.45) is 5.92 Å². The van der Waals surface area contributed by atoms with Crippen LogP contribution < -0.4 is 11.2 Å². The summed E-state index contributed by atoms with van der Waals surface area (Å²) in [4.78, 5) is 25.3. The number of rotatable bonds is 7. The molecular weight excluding hydrogens is 363 g/mol. The normalized spacial score (nSPS) is 26.8. The fraction of sp³-hybridized carbons (Fsp3) is 0.750. The Morgan fingerprint density at radius 3 is 2.27 bits per heavy atom. The molecule has 148 valence electrons. The van der Waals surface area contributed by atoms with Gasteiger partial charge in [-0.2, -0.15) is 0 Å². The number of aliphatic hydroxyl groups is 2. The highest BCUT2D eigenvalue weighted by atomic mass is 31.2. The molecule has 0 aliphatic heterocycles. The fourth-order valence-electron chi connectivity index (χ4n) is 3.29. The number of nitrogens with one attached hydrogen (secondary N) is 1. The van der Waals surface area contributed by atoms with Crippen molar-refractivity contribution in [1.29, 1.82) is 0 Å². The first kappa shape index (κ1) is 21.1. The van der Waals surface area contributed by atoms with Gasteiger partial charge in [0.05, 0.1) is 30.5 Å². The Kier molecular flexibility index (Phi) is 6.63. The summed E-state index contributed by atoms with van der Waals surface area (Å²) in [6.07, 6.45) is -1.70. The van der Waals surface area contributed by atoms with Crippen LogP contribution in [0.4, 0.5) is 0 Å². The Bertz CT molecular complexity index is 758. The molecule has 1 saturated carbocycles. The second-order valence-electron chi connectivity index (χ2n) is 7.16. The highest BCUT2D eigenvalue weighted by molar-refractivity contribution is 7.53. The van der Waals surface area contributed by atoms with E-state index in [0.29, 0.717) is 0 Å². The van der Waals surface area contributed by atoms with Crippen molar-refractivity contribution in [3.63, 3.8) is 0 Å². The maximum atomic E-state index is 13.0. The van der Waals surface area contributed by atoms with Gasteiger partial charge in [-0.3, -0.25) is 18.9 Å². The number of aromatic nitrogens is 2. The third-order valence-corrected chi connectivity index (χ3v) is 6.58. The average molecular weight is 390 g/mol. The van der Waals surface area contributed by atoms with Gasteiger partial charge >= 0.3 is 13.3 Å². The van der Waals surface area contributed by atoms with E-state index in [0.717, 1.165) is 0 Å². The number of nitrogens with zero attached hydrogens (tertiary/aromatic N) is 1. The molecule has 26 heavy (non-hydrogen) atoms. The van der Waals surface area contributed by atoms with Gasteiger partial charge in [-0.05, 0) is 34.1 Å². The molecule has 9 nitrogen and oxygen atoms in total. The van der Waals surface area contributed by atoms with Crippen LogP contribution in [0.1, 0.15) is 40.2 Å². The summed E-state index contributed by atoms with van der Waals surface area (Å²) in [5.41, 5.74) is -1.22. The van der Waals surface area contributed by atoms with Gasteiger partial charge in [0, 0.05) is 18.2 Å².